The molecule has 0 saturated carbocycles. The van der Waals surface area contributed by atoms with Crippen molar-refractivity contribution in [2.45, 2.75) is 20.8 Å². The number of hydrogen-bond acceptors (Lipinski definition) is 5. The standard InChI is InChI=1S/C17H20N2O5/c1-4-22-14-7-5-6-8-15(14)23-10-16(20)18-19-17(21)13-9-11(2)24-12(13)3/h5-9H,4,10H2,1-3H3,(H,18,20)(H,19,21). The molecular formula is C17H20N2O5. The third kappa shape index (κ3) is 4.52. The fraction of sp³-hybridized carbons (Fsp3) is 0.294. The SMILES string of the molecule is CCOc1ccccc1OCC(=O)NNC(=O)c1cc(C)oc1C. The molecule has 0 aliphatic heterocycles. The first-order chi connectivity index (χ1) is 11.5. The Morgan fingerprint density at radius 3 is 2.33 bits per heavy atom. The Hall–Kier alpha value is -2.96. The van der Waals surface area contributed by atoms with Crippen LogP contribution in [0.5, 0.6) is 11.5 Å². The van der Waals surface area contributed by atoms with Crippen molar-refractivity contribution in [3.8, 4) is 11.5 Å². The van der Waals surface area contributed by atoms with Crippen molar-refractivity contribution in [1.29, 1.82) is 0 Å². The van der Waals surface area contributed by atoms with Crippen LogP contribution in [-0.4, -0.2) is 25.0 Å². The number of carbonyl (C=O) groups is 2. The first kappa shape index (κ1) is 17.4. The van der Waals surface area contributed by atoms with Gasteiger partial charge in [0, 0.05) is 0 Å². The lowest BCUT2D eigenvalue weighted by atomic mass is 10.2. The Kier molecular flexibility index (Phi) is 5.83. The monoisotopic (exact) mass is 332 g/mol. The van der Waals surface area contributed by atoms with E-state index < -0.39 is 11.8 Å². The molecule has 1 heterocycles. The van der Waals surface area contributed by atoms with Crippen LogP contribution in [0.25, 0.3) is 0 Å². The van der Waals surface area contributed by atoms with Crippen LogP contribution in [-0.2, 0) is 4.79 Å². The Morgan fingerprint density at radius 1 is 1.08 bits per heavy atom. The van der Waals surface area contributed by atoms with Gasteiger partial charge in [0.15, 0.2) is 18.1 Å². The molecule has 0 spiro atoms. The van der Waals surface area contributed by atoms with Crippen molar-refractivity contribution in [3.05, 3.63) is 47.4 Å². The number of carbonyl (C=O) groups excluding carboxylic acids is 2. The molecule has 0 unspecified atom stereocenters. The van der Waals surface area contributed by atoms with E-state index in [0.29, 0.717) is 35.2 Å². The quantitative estimate of drug-likeness (QED) is 0.791. The van der Waals surface area contributed by atoms with Crippen LogP contribution < -0.4 is 20.3 Å². The average molecular weight is 332 g/mol. The van der Waals surface area contributed by atoms with Gasteiger partial charge in [0.2, 0.25) is 0 Å². The van der Waals surface area contributed by atoms with Crippen LogP contribution in [0.3, 0.4) is 0 Å². The Labute approximate surface area is 139 Å². The lowest BCUT2D eigenvalue weighted by Gasteiger charge is -2.11. The van der Waals surface area contributed by atoms with Gasteiger partial charge in [-0.05, 0) is 39.0 Å². The zero-order chi connectivity index (χ0) is 17.5. The number of amides is 2. The molecule has 128 valence electrons. The summed E-state index contributed by atoms with van der Waals surface area (Å²) in [7, 11) is 0. The highest BCUT2D eigenvalue weighted by Crippen LogP contribution is 2.26. The maximum absolute atomic E-state index is 12.0. The van der Waals surface area contributed by atoms with Gasteiger partial charge < -0.3 is 13.9 Å². The molecule has 0 fully saturated rings. The number of nitrogens with one attached hydrogen (secondary N) is 2. The first-order valence-corrected chi connectivity index (χ1v) is 7.52. The molecular weight excluding hydrogens is 312 g/mol. The second kappa shape index (κ2) is 8.05. The van der Waals surface area contributed by atoms with Gasteiger partial charge in [0.05, 0.1) is 12.2 Å². The fourth-order valence-electron chi connectivity index (χ4n) is 2.07. The summed E-state index contributed by atoms with van der Waals surface area (Å²) in [5.74, 6) is 1.18. The summed E-state index contributed by atoms with van der Waals surface area (Å²) in [6, 6.07) is 8.65. The topological polar surface area (TPSA) is 89.8 Å². The van der Waals surface area contributed by atoms with Crippen LogP contribution >= 0.6 is 0 Å². The van der Waals surface area contributed by atoms with Gasteiger partial charge >= 0.3 is 0 Å². The van der Waals surface area contributed by atoms with Gasteiger partial charge in [-0.2, -0.15) is 0 Å². The van der Waals surface area contributed by atoms with Gasteiger partial charge in [0.25, 0.3) is 11.8 Å². The Morgan fingerprint density at radius 2 is 1.75 bits per heavy atom. The lowest BCUT2D eigenvalue weighted by molar-refractivity contribution is -0.123. The zero-order valence-corrected chi connectivity index (χ0v) is 13.8. The van der Waals surface area contributed by atoms with Crippen LogP contribution in [0.4, 0.5) is 0 Å². The number of hydrogen-bond donors (Lipinski definition) is 2. The number of ether oxygens (including phenoxy) is 2. The minimum atomic E-state index is -0.493. The summed E-state index contributed by atoms with van der Waals surface area (Å²) in [6.45, 7) is 5.52. The third-order valence-electron chi connectivity index (χ3n) is 3.11. The minimum Gasteiger partial charge on any atom is -0.490 e. The van der Waals surface area contributed by atoms with E-state index in [1.807, 2.05) is 13.0 Å². The predicted molar refractivity (Wildman–Crippen MR) is 86.9 cm³/mol. The van der Waals surface area contributed by atoms with Crippen molar-refractivity contribution in [3.63, 3.8) is 0 Å². The molecule has 24 heavy (non-hydrogen) atoms. The van der Waals surface area contributed by atoms with E-state index in [1.54, 1.807) is 38.1 Å². The van der Waals surface area contributed by atoms with E-state index in [1.165, 1.54) is 0 Å². The van der Waals surface area contributed by atoms with E-state index >= 15 is 0 Å². The second-order valence-electron chi connectivity index (χ2n) is 5.00. The van der Waals surface area contributed by atoms with Gasteiger partial charge in [-0.15, -0.1) is 0 Å². The number of furan rings is 1. The van der Waals surface area contributed by atoms with Gasteiger partial charge in [-0.3, -0.25) is 20.4 Å². The van der Waals surface area contributed by atoms with E-state index in [-0.39, 0.29) is 6.61 Å². The van der Waals surface area contributed by atoms with Gasteiger partial charge in [-0.25, -0.2) is 0 Å². The number of hydrazine groups is 1. The van der Waals surface area contributed by atoms with Crippen molar-refractivity contribution < 1.29 is 23.5 Å². The average Bonchev–Trinajstić information content (AvgIpc) is 2.90. The van der Waals surface area contributed by atoms with Crippen LogP contribution in [0.15, 0.2) is 34.7 Å². The highest BCUT2D eigenvalue weighted by Gasteiger charge is 2.14. The van der Waals surface area contributed by atoms with E-state index in [4.69, 9.17) is 13.9 Å². The zero-order valence-electron chi connectivity index (χ0n) is 13.8. The maximum atomic E-state index is 12.0. The van der Waals surface area contributed by atoms with Crippen molar-refractivity contribution in [1.82, 2.24) is 10.9 Å². The molecule has 0 bridgehead atoms. The largest absolute Gasteiger partial charge is 0.490 e. The molecule has 0 aliphatic carbocycles. The van der Waals surface area contributed by atoms with E-state index in [2.05, 4.69) is 10.9 Å². The number of aryl methyl sites for hydroxylation is 2. The van der Waals surface area contributed by atoms with E-state index in [9.17, 15) is 9.59 Å². The molecule has 7 nitrogen and oxygen atoms in total. The van der Waals surface area contributed by atoms with E-state index in [0.717, 1.165) is 0 Å². The number of para-hydroxylation sites is 2. The van der Waals surface area contributed by atoms with Crippen molar-refractivity contribution in [2.24, 2.45) is 0 Å². The number of rotatable bonds is 6. The second-order valence-corrected chi connectivity index (χ2v) is 5.00. The summed E-state index contributed by atoms with van der Waals surface area (Å²) in [4.78, 5) is 23.7. The predicted octanol–water partition coefficient (Wildman–Crippen LogP) is 2.14. The van der Waals surface area contributed by atoms with Crippen LogP contribution in [0, 0.1) is 13.8 Å². The molecule has 2 amide bonds. The summed E-state index contributed by atoms with van der Waals surface area (Å²) >= 11 is 0. The Balaban J connectivity index is 1.84. The molecule has 0 radical (unpaired) electrons. The molecule has 0 aliphatic rings. The molecule has 0 saturated heterocycles. The van der Waals surface area contributed by atoms with Gasteiger partial charge in [-0.1, -0.05) is 12.1 Å². The third-order valence-corrected chi connectivity index (χ3v) is 3.11. The normalized spacial score (nSPS) is 10.1. The van der Waals surface area contributed by atoms with Crippen molar-refractivity contribution in [2.75, 3.05) is 13.2 Å². The Bertz CT molecular complexity index is 724. The number of benzene rings is 1. The molecule has 7 heteroatoms. The molecule has 0 atom stereocenters. The maximum Gasteiger partial charge on any atom is 0.276 e. The molecule has 2 rings (SSSR count). The summed E-state index contributed by atoms with van der Waals surface area (Å²) in [5, 5.41) is 0. The van der Waals surface area contributed by atoms with Crippen molar-refractivity contribution >= 4 is 11.8 Å². The molecule has 1 aromatic heterocycles. The summed E-state index contributed by atoms with van der Waals surface area (Å²) in [5.41, 5.74) is 4.98. The first-order valence-electron chi connectivity index (χ1n) is 7.52. The summed E-state index contributed by atoms with van der Waals surface area (Å²) < 4.78 is 16.1. The van der Waals surface area contributed by atoms with Crippen LogP contribution in [0.2, 0.25) is 0 Å². The molecule has 1 aromatic carbocycles. The summed E-state index contributed by atoms with van der Waals surface area (Å²) in [6.07, 6.45) is 0. The minimum absolute atomic E-state index is 0.256. The lowest BCUT2D eigenvalue weighted by Crippen LogP contribution is -2.43. The highest BCUT2D eigenvalue weighted by molar-refractivity contribution is 5.96. The molecule has 2 N–H and O–H groups in total. The highest BCUT2D eigenvalue weighted by atomic mass is 16.5. The fourth-order valence-corrected chi connectivity index (χ4v) is 2.07. The van der Waals surface area contributed by atoms with Crippen LogP contribution in [0.1, 0.15) is 28.8 Å². The smallest absolute Gasteiger partial charge is 0.276 e. The molecule has 2 aromatic rings. The van der Waals surface area contributed by atoms with Gasteiger partial charge in [0.1, 0.15) is 11.5 Å².